The minimum absolute atomic E-state index is 0.475. The Kier molecular flexibility index (Phi) is 4.79. The molecule has 1 amide bonds. The quantitative estimate of drug-likeness (QED) is 0.437. The third-order valence-corrected chi connectivity index (χ3v) is 4.88. The van der Waals surface area contributed by atoms with Crippen molar-refractivity contribution >= 4 is 34.3 Å². The fraction of sp³-hybridized carbons (Fsp3) is 0.143. The van der Waals surface area contributed by atoms with Gasteiger partial charge in [0.1, 0.15) is 17.5 Å². The van der Waals surface area contributed by atoms with Crippen molar-refractivity contribution in [1.29, 1.82) is 0 Å². The topological polar surface area (TPSA) is 80.2 Å². The van der Waals surface area contributed by atoms with Crippen molar-refractivity contribution < 1.29 is 14.1 Å². The van der Waals surface area contributed by atoms with Crippen LogP contribution in [0, 0.1) is 6.92 Å². The van der Waals surface area contributed by atoms with Gasteiger partial charge in [-0.3, -0.25) is 5.32 Å². The first-order valence-electron chi connectivity index (χ1n) is 8.79. The highest BCUT2D eigenvalue weighted by molar-refractivity contribution is 6.31. The molecule has 0 aliphatic heterocycles. The summed E-state index contributed by atoms with van der Waals surface area (Å²) in [7, 11) is 0. The van der Waals surface area contributed by atoms with E-state index < -0.39 is 12.2 Å². The van der Waals surface area contributed by atoms with Crippen molar-refractivity contribution in [2.24, 2.45) is 0 Å². The van der Waals surface area contributed by atoms with Crippen molar-refractivity contribution in [3.63, 3.8) is 0 Å². The highest BCUT2D eigenvalue weighted by Gasteiger charge is 2.20. The lowest BCUT2D eigenvalue weighted by Gasteiger charge is -2.15. The second-order valence-corrected chi connectivity index (χ2v) is 6.85. The van der Waals surface area contributed by atoms with E-state index in [1.54, 1.807) is 19.9 Å². The number of nitrogens with one attached hydrogen (secondary N) is 2. The molecule has 7 heteroatoms. The summed E-state index contributed by atoms with van der Waals surface area (Å²) in [4.78, 5) is 15.6. The standard InChI is InChI=1S/C21H18ClN3O3/c1-12-19(24-21(26)27-13(2)16-5-3-4-6-17(16)22)20(28-25-12)15-7-8-18-14(11-15)9-10-23-18/h3-11,13,23H,1-2H3,(H,24,26). The molecule has 0 saturated heterocycles. The fourth-order valence-corrected chi connectivity index (χ4v) is 3.36. The zero-order valence-corrected chi connectivity index (χ0v) is 16.1. The first-order chi connectivity index (χ1) is 13.5. The number of halogens is 1. The van der Waals surface area contributed by atoms with Gasteiger partial charge in [-0.2, -0.15) is 0 Å². The lowest BCUT2D eigenvalue weighted by Crippen LogP contribution is -2.17. The average molecular weight is 396 g/mol. The molecule has 0 aliphatic carbocycles. The number of anilines is 1. The van der Waals surface area contributed by atoms with Crippen molar-refractivity contribution in [2.45, 2.75) is 20.0 Å². The molecule has 4 aromatic rings. The van der Waals surface area contributed by atoms with Gasteiger partial charge in [0.2, 0.25) is 0 Å². The normalized spacial score (nSPS) is 12.1. The van der Waals surface area contributed by atoms with E-state index in [1.807, 2.05) is 48.7 Å². The molecule has 1 unspecified atom stereocenters. The molecule has 4 rings (SSSR count). The summed E-state index contributed by atoms with van der Waals surface area (Å²) in [5, 5.41) is 8.32. The Morgan fingerprint density at radius 1 is 1.25 bits per heavy atom. The van der Waals surface area contributed by atoms with Gasteiger partial charge >= 0.3 is 6.09 Å². The summed E-state index contributed by atoms with van der Waals surface area (Å²) in [5.41, 5.74) is 3.60. The Labute approximate surface area is 166 Å². The van der Waals surface area contributed by atoms with Crippen molar-refractivity contribution in [3.05, 3.63) is 71.0 Å². The molecular weight excluding hydrogens is 378 g/mol. The maximum atomic E-state index is 12.5. The van der Waals surface area contributed by atoms with Gasteiger partial charge in [0.05, 0.1) is 0 Å². The van der Waals surface area contributed by atoms with Crippen molar-refractivity contribution in [1.82, 2.24) is 10.1 Å². The third kappa shape index (κ3) is 3.46. The number of carbonyl (C=O) groups excluding carboxylic acids is 1. The maximum absolute atomic E-state index is 12.5. The number of H-pyrrole nitrogens is 1. The summed E-state index contributed by atoms with van der Waals surface area (Å²) < 4.78 is 11.0. The van der Waals surface area contributed by atoms with Crippen LogP contribution in [0.1, 0.15) is 24.3 Å². The Balaban J connectivity index is 1.56. The van der Waals surface area contributed by atoms with Crippen LogP contribution in [0.2, 0.25) is 5.02 Å². The highest BCUT2D eigenvalue weighted by Crippen LogP contribution is 2.33. The number of fused-ring (bicyclic) bond motifs is 1. The SMILES string of the molecule is Cc1noc(-c2ccc3[nH]ccc3c2)c1NC(=O)OC(C)c1ccccc1Cl. The zero-order chi connectivity index (χ0) is 19.7. The van der Waals surface area contributed by atoms with E-state index in [-0.39, 0.29) is 0 Å². The van der Waals surface area contributed by atoms with Crippen LogP contribution in [0.3, 0.4) is 0 Å². The number of aryl methyl sites for hydroxylation is 1. The number of nitrogens with zero attached hydrogens (tertiary/aromatic N) is 1. The van der Waals surface area contributed by atoms with Crippen LogP contribution in [0.5, 0.6) is 0 Å². The number of benzene rings is 2. The number of hydrogen-bond acceptors (Lipinski definition) is 4. The van der Waals surface area contributed by atoms with Crippen LogP contribution in [0.25, 0.3) is 22.2 Å². The van der Waals surface area contributed by atoms with E-state index in [0.29, 0.717) is 22.2 Å². The van der Waals surface area contributed by atoms with Gasteiger partial charge in [-0.1, -0.05) is 35.0 Å². The monoisotopic (exact) mass is 395 g/mol. The smallest absolute Gasteiger partial charge is 0.412 e. The largest absolute Gasteiger partial charge is 0.441 e. The summed E-state index contributed by atoms with van der Waals surface area (Å²) in [6.45, 7) is 3.52. The van der Waals surface area contributed by atoms with E-state index in [2.05, 4.69) is 15.5 Å². The summed E-state index contributed by atoms with van der Waals surface area (Å²) in [6, 6.07) is 15.0. The average Bonchev–Trinajstić information content (AvgIpc) is 3.28. The molecule has 2 aromatic heterocycles. The van der Waals surface area contributed by atoms with E-state index in [1.165, 1.54) is 0 Å². The fourth-order valence-electron chi connectivity index (χ4n) is 3.07. The highest BCUT2D eigenvalue weighted by atomic mass is 35.5. The Bertz CT molecular complexity index is 1150. The molecule has 0 spiro atoms. The molecule has 2 heterocycles. The second kappa shape index (κ2) is 7.40. The van der Waals surface area contributed by atoms with Gasteiger partial charge in [0, 0.05) is 33.2 Å². The van der Waals surface area contributed by atoms with Crippen LogP contribution in [-0.4, -0.2) is 16.2 Å². The van der Waals surface area contributed by atoms with Crippen LogP contribution >= 0.6 is 11.6 Å². The Morgan fingerprint density at radius 3 is 2.89 bits per heavy atom. The first-order valence-corrected chi connectivity index (χ1v) is 9.16. The predicted octanol–water partition coefficient (Wildman–Crippen LogP) is 6.09. The number of carbonyl (C=O) groups is 1. The molecule has 0 saturated carbocycles. The number of aromatic nitrogens is 2. The van der Waals surface area contributed by atoms with Gasteiger partial charge in [0.25, 0.3) is 0 Å². The number of ether oxygens (including phenoxy) is 1. The van der Waals surface area contributed by atoms with E-state index in [9.17, 15) is 4.79 Å². The van der Waals surface area contributed by atoms with Crippen molar-refractivity contribution in [3.8, 4) is 11.3 Å². The molecule has 0 bridgehead atoms. The lowest BCUT2D eigenvalue weighted by molar-refractivity contribution is 0.121. The van der Waals surface area contributed by atoms with Crippen LogP contribution in [0.4, 0.5) is 10.5 Å². The van der Waals surface area contributed by atoms with E-state index >= 15 is 0 Å². The van der Waals surface area contributed by atoms with Gasteiger partial charge in [-0.25, -0.2) is 4.79 Å². The molecule has 28 heavy (non-hydrogen) atoms. The molecule has 6 nitrogen and oxygen atoms in total. The second-order valence-electron chi connectivity index (χ2n) is 6.45. The Morgan fingerprint density at radius 2 is 2.07 bits per heavy atom. The van der Waals surface area contributed by atoms with E-state index in [0.717, 1.165) is 22.0 Å². The zero-order valence-electron chi connectivity index (χ0n) is 15.3. The lowest BCUT2D eigenvalue weighted by atomic mass is 10.1. The minimum Gasteiger partial charge on any atom is -0.441 e. The molecule has 2 N–H and O–H groups in total. The third-order valence-electron chi connectivity index (χ3n) is 4.53. The van der Waals surface area contributed by atoms with E-state index in [4.69, 9.17) is 20.9 Å². The van der Waals surface area contributed by atoms with Crippen LogP contribution in [-0.2, 0) is 4.74 Å². The Hall–Kier alpha value is -3.25. The number of aromatic amines is 1. The first kappa shape index (κ1) is 18.1. The maximum Gasteiger partial charge on any atom is 0.412 e. The molecule has 0 fully saturated rings. The molecule has 0 aliphatic rings. The van der Waals surface area contributed by atoms with Gasteiger partial charge < -0.3 is 14.2 Å². The number of hydrogen-bond donors (Lipinski definition) is 2. The predicted molar refractivity (Wildman–Crippen MR) is 109 cm³/mol. The van der Waals surface area contributed by atoms with Crippen molar-refractivity contribution in [2.75, 3.05) is 5.32 Å². The molecule has 2 aromatic carbocycles. The summed E-state index contributed by atoms with van der Waals surface area (Å²) in [6.07, 6.45) is 0.753. The van der Waals surface area contributed by atoms with Crippen LogP contribution < -0.4 is 5.32 Å². The molecule has 1 atom stereocenters. The van der Waals surface area contributed by atoms with Gasteiger partial charge in [-0.15, -0.1) is 0 Å². The molecular formula is C21H18ClN3O3. The van der Waals surface area contributed by atoms with Crippen LogP contribution in [0.15, 0.2) is 59.3 Å². The summed E-state index contributed by atoms with van der Waals surface area (Å²) >= 11 is 6.17. The van der Waals surface area contributed by atoms with Gasteiger partial charge in [0.15, 0.2) is 5.76 Å². The van der Waals surface area contributed by atoms with Gasteiger partial charge in [-0.05, 0) is 44.2 Å². The molecule has 142 valence electrons. The minimum atomic E-state index is -0.609. The number of rotatable bonds is 4. The molecule has 0 radical (unpaired) electrons. The number of amides is 1. The summed E-state index contributed by atoms with van der Waals surface area (Å²) in [5.74, 6) is 0.475.